The van der Waals surface area contributed by atoms with E-state index in [1.54, 1.807) is 5.56 Å². The van der Waals surface area contributed by atoms with E-state index in [1.807, 2.05) is 0 Å². The van der Waals surface area contributed by atoms with Crippen LogP contribution in [0.2, 0.25) is 0 Å². The van der Waals surface area contributed by atoms with E-state index in [-0.39, 0.29) is 6.67 Å². The molecule has 2 saturated carbocycles. The molecule has 0 nitrogen and oxygen atoms in total. The summed E-state index contributed by atoms with van der Waals surface area (Å²) in [4.78, 5) is 0. The highest BCUT2D eigenvalue weighted by atomic mass is 19.1. The summed E-state index contributed by atoms with van der Waals surface area (Å²) in [6.07, 6.45) is 16.3. The van der Waals surface area contributed by atoms with Crippen LogP contribution in [0.5, 0.6) is 0 Å². The van der Waals surface area contributed by atoms with Crippen molar-refractivity contribution in [2.75, 3.05) is 6.67 Å². The van der Waals surface area contributed by atoms with Gasteiger partial charge in [-0.05, 0) is 117 Å². The third-order valence-electron chi connectivity index (χ3n) is 8.51. The van der Waals surface area contributed by atoms with Crippen molar-refractivity contribution in [1.29, 1.82) is 0 Å². The van der Waals surface area contributed by atoms with E-state index in [0.717, 1.165) is 31.1 Å². The summed E-state index contributed by atoms with van der Waals surface area (Å²) < 4.78 is 12.6. The molecule has 2 aliphatic rings. The lowest BCUT2D eigenvalue weighted by atomic mass is 9.77. The van der Waals surface area contributed by atoms with Crippen LogP contribution in [0.3, 0.4) is 0 Å². The van der Waals surface area contributed by atoms with Crippen LogP contribution < -0.4 is 0 Å². The summed E-state index contributed by atoms with van der Waals surface area (Å²) in [5.74, 6) is 3.08. The fourth-order valence-corrected chi connectivity index (χ4v) is 6.33. The zero-order valence-corrected chi connectivity index (χ0v) is 20.2. The molecule has 4 rings (SSSR count). The van der Waals surface area contributed by atoms with Crippen molar-refractivity contribution in [2.24, 2.45) is 11.8 Å². The number of alkyl halides is 1. The molecule has 0 aromatic heterocycles. The summed E-state index contributed by atoms with van der Waals surface area (Å²) >= 11 is 0. The van der Waals surface area contributed by atoms with Gasteiger partial charge >= 0.3 is 0 Å². The highest BCUT2D eigenvalue weighted by Crippen LogP contribution is 2.38. The van der Waals surface area contributed by atoms with Crippen LogP contribution in [0.15, 0.2) is 48.5 Å². The minimum atomic E-state index is -0.146. The Bertz CT molecular complexity index is 705. The molecule has 1 heteroatoms. The first-order valence-electron chi connectivity index (χ1n) is 13.5. The zero-order chi connectivity index (χ0) is 22.2. The lowest BCUT2D eigenvalue weighted by molar-refractivity contribution is 0.283. The van der Waals surface area contributed by atoms with Crippen LogP contribution in [0.4, 0.5) is 4.39 Å². The van der Waals surface area contributed by atoms with Gasteiger partial charge in [0.1, 0.15) is 0 Å². The van der Waals surface area contributed by atoms with Crippen molar-refractivity contribution in [3.8, 4) is 0 Å². The van der Waals surface area contributed by atoms with E-state index in [2.05, 4.69) is 55.5 Å². The largest absolute Gasteiger partial charge is 0.251 e. The number of rotatable bonds is 9. The van der Waals surface area contributed by atoms with E-state index in [0.29, 0.717) is 11.8 Å². The summed E-state index contributed by atoms with van der Waals surface area (Å²) in [5, 5.41) is 0. The van der Waals surface area contributed by atoms with Crippen molar-refractivity contribution in [3.05, 3.63) is 70.8 Å². The molecule has 174 valence electrons. The average molecular weight is 435 g/mol. The van der Waals surface area contributed by atoms with Crippen molar-refractivity contribution in [3.63, 3.8) is 0 Å². The van der Waals surface area contributed by atoms with E-state index >= 15 is 0 Å². The monoisotopic (exact) mass is 434 g/mol. The smallest absolute Gasteiger partial charge is 0.0897 e. The van der Waals surface area contributed by atoms with Crippen molar-refractivity contribution < 1.29 is 4.39 Å². The number of hydrogen-bond acceptors (Lipinski definition) is 0. The minimum Gasteiger partial charge on any atom is -0.251 e. The fourth-order valence-electron chi connectivity index (χ4n) is 6.33. The van der Waals surface area contributed by atoms with Crippen LogP contribution in [0.1, 0.15) is 112 Å². The second kappa shape index (κ2) is 12.0. The number of benzene rings is 2. The molecule has 2 fully saturated rings. The summed E-state index contributed by atoms with van der Waals surface area (Å²) in [6.45, 7) is 2.18. The Morgan fingerprint density at radius 2 is 1.00 bits per heavy atom. The molecular weight excluding hydrogens is 391 g/mol. The molecule has 0 heterocycles. The van der Waals surface area contributed by atoms with Gasteiger partial charge in [0.05, 0.1) is 6.67 Å². The van der Waals surface area contributed by atoms with Crippen LogP contribution in [0, 0.1) is 11.8 Å². The van der Waals surface area contributed by atoms with Crippen molar-refractivity contribution >= 4 is 0 Å². The summed E-state index contributed by atoms with van der Waals surface area (Å²) in [6, 6.07) is 18.9. The average Bonchev–Trinajstić information content (AvgIpc) is 2.85. The van der Waals surface area contributed by atoms with Gasteiger partial charge < -0.3 is 0 Å². The molecule has 0 amide bonds. The van der Waals surface area contributed by atoms with Gasteiger partial charge in [-0.25, -0.2) is 0 Å². The summed E-state index contributed by atoms with van der Waals surface area (Å²) in [7, 11) is 0. The third kappa shape index (κ3) is 6.46. The first kappa shape index (κ1) is 23.5. The Kier molecular flexibility index (Phi) is 8.83. The molecule has 0 spiro atoms. The topological polar surface area (TPSA) is 0 Å². The lowest BCUT2D eigenvalue weighted by Crippen LogP contribution is -2.13. The maximum absolute atomic E-state index is 12.6. The van der Waals surface area contributed by atoms with Gasteiger partial charge in [-0.1, -0.05) is 68.3 Å². The number of hydrogen-bond donors (Lipinski definition) is 0. The second-order valence-electron chi connectivity index (χ2n) is 10.7. The fraction of sp³-hybridized carbons (Fsp3) is 0.613. The first-order valence-corrected chi connectivity index (χ1v) is 13.5. The first-order chi connectivity index (χ1) is 15.7. The Morgan fingerprint density at radius 3 is 1.38 bits per heavy atom. The third-order valence-corrected chi connectivity index (χ3v) is 8.51. The Morgan fingerprint density at radius 1 is 0.594 bits per heavy atom. The van der Waals surface area contributed by atoms with Crippen LogP contribution in [0.25, 0.3) is 0 Å². The van der Waals surface area contributed by atoms with E-state index in [9.17, 15) is 4.39 Å². The van der Waals surface area contributed by atoms with Gasteiger partial charge in [-0.2, -0.15) is 0 Å². The predicted octanol–water partition coefficient (Wildman–Crippen LogP) is 9.18. The maximum Gasteiger partial charge on any atom is 0.0897 e. The molecule has 32 heavy (non-hydrogen) atoms. The quantitative estimate of drug-likeness (QED) is 0.369. The number of aryl methyl sites for hydroxylation is 2. The minimum absolute atomic E-state index is 0.146. The SMILES string of the molecule is CCC[C@H]1CC[C@H](c2ccc(CCc3ccc([C@H]4CC[C@H](CCF)CC4)cc3)cc2)CC1. The molecule has 0 atom stereocenters. The molecule has 2 aliphatic carbocycles. The van der Waals surface area contributed by atoms with Gasteiger partial charge in [-0.3, -0.25) is 4.39 Å². The highest BCUT2D eigenvalue weighted by molar-refractivity contribution is 5.29. The molecule has 0 unspecified atom stereocenters. The molecule has 2 aromatic rings. The van der Waals surface area contributed by atoms with E-state index in [4.69, 9.17) is 0 Å². The van der Waals surface area contributed by atoms with Crippen LogP contribution in [-0.2, 0) is 12.8 Å². The van der Waals surface area contributed by atoms with Crippen LogP contribution >= 0.6 is 0 Å². The molecule has 2 aromatic carbocycles. The maximum atomic E-state index is 12.6. The zero-order valence-electron chi connectivity index (χ0n) is 20.2. The van der Waals surface area contributed by atoms with Crippen molar-refractivity contribution in [1.82, 2.24) is 0 Å². The van der Waals surface area contributed by atoms with Gasteiger partial charge in [0.15, 0.2) is 0 Å². The normalized spacial score (nSPS) is 26.2. The van der Waals surface area contributed by atoms with Gasteiger partial charge in [0.2, 0.25) is 0 Å². The molecule has 0 bridgehead atoms. The lowest BCUT2D eigenvalue weighted by Gasteiger charge is -2.28. The second-order valence-corrected chi connectivity index (χ2v) is 10.7. The number of halogens is 1. The molecular formula is C31H43F. The van der Waals surface area contributed by atoms with Gasteiger partial charge in [-0.15, -0.1) is 0 Å². The Balaban J connectivity index is 1.23. The van der Waals surface area contributed by atoms with Crippen LogP contribution in [-0.4, -0.2) is 6.67 Å². The predicted molar refractivity (Wildman–Crippen MR) is 135 cm³/mol. The molecule has 0 radical (unpaired) electrons. The van der Waals surface area contributed by atoms with Crippen molar-refractivity contribution in [2.45, 2.75) is 102 Å². The molecule has 0 N–H and O–H groups in total. The molecule has 0 saturated heterocycles. The Hall–Kier alpha value is -1.63. The van der Waals surface area contributed by atoms with Gasteiger partial charge in [0, 0.05) is 0 Å². The Labute approximate surface area is 196 Å². The van der Waals surface area contributed by atoms with Gasteiger partial charge in [0.25, 0.3) is 0 Å². The molecule has 0 aliphatic heterocycles. The van der Waals surface area contributed by atoms with E-state index < -0.39 is 0 Å². The van der Waals surface area contributed by atoms with E-state index in [1.165, 1.54) is 80.9 Å². The highest BCUT2D eigenvalue weighted by Gasteiger charge is 2.23. The summed E-state index contributed by atoms with van der Waals surface area (Å²) in [5.41, 5.74) is 5.96. The standard InChI is InChI=1S/C31H43F/c1-2-3-24-6-14-28(15-7-24)29-16-8-25(9-17-29)4-5-26-10-18-30(19-11-26)31-20-12-27(13-21-31)22-23-32/h8-11,16-19,24,27-28,31H,2-7,12-15,20-23H2,1H3/t24-,27-,28-,31-.